The van der Waals surface area contributed by atoms with Crippen molar-refractivity contribution in [2.45, 2.75) is 58.6 Å². The van der Waals surface area contributed by atoms with Crippen molar-refractivity contribution in [3.8, 4) is 11.4 Å². The maximum absolute atomic E-state index is 12.1. The third kappa shape index (κ3) is 5.41. The molecule has 0 aromatic carbocycles. The van der Waals surface area contributed by atoms with Crippen LogP contribution in [0.5, 0.6) is 0 Å². The molecule has 28 heavy (non-hydrogen) atoms. The second-order valence-electron chi connectivity index (χ2n) is 8.16. The summed E-state index contributed by atoms with van der Waals surface area (Å²) in [4.78, 5) is 27.9. The van der Waals surface area contributed by atoms with Gasteiger partial charge in [0.25, 0.3) is 0 Å². The van der Waals surface area contributed by atoms with E-state index >= 15 is 0 Å². The second kappa shape index (κ2) is 8.54. The van der Waals surface area contributed by atoms with E-state index in [4.69, 9.17) is 9.72 Å². The molecule has 1 N–H and O–H groups in total. The largest absolute Gasteiger partial charge is 0.444 e. The Morgan fingerprint density at radius 2 is 2.14 bits per heavy atom. The van der Waals surface area contributed by atoms with E-state index in [1.807, 2.05) is 45.9 Å². The van der Waals surface area contributed by atoms with Crippen LogP contribution in [-0.2, 0) is 4.74 Å². The van der Waals surface area contributed by atoms with E-state index < -0.39 is 5.60 Å². The summed E-state index contributed by atoms with van der Waals surface area (Å²) in [5.41, 5.74) is 1.31. The van der Waals surface area contributed by atoms with Gasteiger partial charge in [0.15, 0.2) is 5.82 Å². The number of alkyl carbamates (subject to hydrolysis) is 1. The normalized spacial score (nSPS) is 17.3. The molecule has 1 atom stereocenters. The van der Waals surface area contributed by atoms with Crippen molar-refractivity contribution in [2.75, 3.05) is 18.0 Å². The molecule has 7 heteroatoms. The van der Waals surface area contributed by atoms with Gasteiger partial charge in [-0.2, -0.15) is 0 Å². The minimum atomic E-state index is -0.501. The quantitative estimate of drug-likeness (QED) is 0.866. The molecule has 1 aliphatic rings. The molecule has 0 spiro atoms. The summed E-state index contributed by atoms with van der Waals surface area (Å²) in [7, 11) is 0. The van der Waals surface area contributed by atoms with Crippen molar-refractivity contribution >= 4 is 11.9 Å². The molecule has 150 valence electrons. The predicted molar refractivity (Wildman–Crippen MR) is 109 cm³/mol. The van der Waals surface area contributed by atoms with Crippen LogP contribution >= 0.6 is 0 Å². The van der Waals surface area contributed by atoms with Crippen LogP contribution in [0.2, 0.25) is 0 Å². The zero-order chi connectivity index (χ0) is 20.1. The number of carbonyl (C=O) groups is 1. The molecule has 1 amide bonds. The summed E-state index contributed by atoms with van der Waals surface area (Å²) in [5, 5.41) is 2.91. The fraction of sp³-hybridized carbons (Fsp3) is 0.524. The molecular weight excluding hydrogens is 354 g/mol. The van der Waals surface area contributed by atoms with Gasteiger partial charge in [0.1, 0.15) is 11.4 Å². The van der Waals surface area contributed by atoms with Gasteiger partial charge < -0.3 is 15.0 Å². The highest BCUT2D eigenvalue weighted by molar-refractivity contribution is 5.67. The molecule has 0 bridgehead atoms. The number of pyridine rings is 1. The van der Waals surface area contributed by atoms with Gasteiger partial charge in [0.2, 0.25) is 0 Å². The Hall–Kier alpha value is -2.70. The first kappa shape index (κ1) is 20.0. The van der Waals surface area contributed by atoms with Crippen LogP contribution in [0.25, 0.3) is 11.4 Å². The third-order valence-electron chi connectivity index (χ3n) is 4.56. The van der Waals surface area contributed by atoms with Crippen LogP contribution in [0.1, 0.15) is 45.7 Å². The van der Waals surface area contributed by atoms with E-state index in [0.717, 1.165) is 42.9 Å². The first-order valence-electron chi connectivity index (χ1n) is 9.81. The molecule has 3 rings (SSSR count). The van der Waals surface area contributed by atoms with Crippen LogP contribution in [0, 0.1) is 6.92 Å². The van der Waals surface area contributed by atoms with Gasteiger partial charge in [0, 0.05) is 48.8 Å². The molecular formula is C21H29N5O2. The Labute approximate surface area is 166 Å². The monoisotopic (exact) mass is 383 g/mol. The fourth-order valence-corrected chi connectivity index (χ4v) is 3.35. The SMILES string of the molecule is Cc1cc(N2CCCCC2CNC(=O)OC(C)(C)C)nc(-c2cccnc2)n1. The molecule has 1 fully saturated rings. The van der Waals surface area contributed by atoms with E-state index in [1.54, 1.807) is 12.4 Å². The number of carbonyl (C=O) groups excluding carboxylic acids is 1. The highest BCUT2D eigenvalue weighted by Crippen LogP contribution is 2.26. The van der Waals surface area contributed by atoms with Gasteiger partial charge in [-0.05, 0) is 59.1 Å². The summed E-state index contributed by atoms with van der Waals surface area (Å²) in [6, 6.07) is 6.03. The van der Waals surface area contributed by atoms with Crippen molar-refractivity contribution in [3.63, 3.8) is 0 Å². The van der Waals surface area contributed by atoms with Gasteiger partial charge in [-0.15, -0.1) is 0 Å². The zero-order valence-corrected chi connectivity index (χ0v) is 17.1. The minimum absolute atomic E-state index is 0.178. The molecule has 1 saturated heterocycles. The Morgan fingerprint density at radius 3 is 2.86 bits per heavy atom. The Balaban J connectivity index is 1.76. The summed E-state index contributed by atoms with van der Waals surface area (Å²) in [6.45, 7) is 9.00. The number of amides is 1. The molecule has 2 aromatic rings. The van der Waals surface area contributed by atoms with Gasteiger partial charge in [0.05, 0.1) is 0 Å². The lowest BCUT2D eigenvalue weighted by Crippen LogP contribution is -2.48. The smallest absolute Gasteiger partial charge is 0.407 e. The predicted octanol–water partition coefficient (Wildman–Crippen LogP) is 3.73. The Kier molecular flexibility index (Phi) is 6.11. The number of nitrogens with zero attached hydrogens (tertiary/aromatic N) is 4. The van der Waals surface area contributed by atoms with E-state index in [-0.39, 0.29) is 12.1 Å². The number of aromatic nitrogens is 3. The van der Waals surface area contributed by atoms with Gasteiger partial charge in [-0.25, -0.2) is 14.8 Å². The molecule has 0 radical (unpaired) electrons. The number of aryl methyl sites for hydroxylation is 1. The lowest BCUT2D eigenvalue weighted by Gasteiger charge is -2.37. The van der Waals surface area contributed by atoms with E-state index in [0.29, 0.717) is 12.4 Å². The summed E-state index contributed by atoms with van der Waals surface area (Å²) in [6.07, 6.45) is 6.37. The summed E-state index contributed by atoms with van der Waals surface area (Å²) < 4.78 is 5.36. The number of nitrogens with one attached hydrogen (secondary N) is 1. The van der Waals surface area contributed by atoms with Crippen LogP contribution in [0.3, 0.4) is 0 Å². The lowest BCUT2D eigenvalue weighted by atomic mass is 10.0. The number of hydrogen-bond acceptors (Lipinski definition) is 6. The van der Waals surface area contributed by atoms with Crippen molar-refractivity contribution in [1.82, 2.24) is 20.3 Å². The van der Waals surface area contributed by atoms with Gasteiger partial charge in [-0.3, -0.25) is 4.98 Å². The standard InChI is InChI=1S/C21H29N5O2/c1-15-12-18(25-19(24-15)16-8-7-10-22-13-16)26-11-6-5-9-17(26)14-23-20(27)28-21(2,3)4/h7-8,10,12-13,17H,5-6,9,11,14H2,1-4H3,(H,23,27). The third-order valence-corrected chi connectivity index (χ3v) is 4.56. The molecule has 0 aliphatic carbocycles. The van der Waals surface area contributed by atoms with Crippen LogP contribution < -0.4 is 10.2 Å². The van der Waals surface area contributed by atoms with Crippen LogP contribution in [0.4, 0.5) is 10.6 Å². The van der Waals surface area contributed by atoms with Crippen molar-refractivity contribution in [2.24, 2.45) is 0 Å². The highest BCUT2D eigenvalue weighted by Gasteiger charge is 2.26. The average Bonchev–Trinajstić information content (AvgIpc) is 2.65. The molecule has 1 aliphatic heterocycles. The van der Waals surface area contributed by atoms with Crippen molar-refractivity contribution < 1.29 is 9.53 Å². The highest BCUT2D eigenvalue weighted by atomic mass is 16.6. The molecule has 2 aromatic heterocycles. The number of rotatable bonds is 4. The van der Waals surface area contributed by atoms with Crippen LogP contribution in [-0.4, -0.2) is 45.8 Å². The van der Waals surface area contributed by atoms with Gasteiger partial charge in [-0.1, -0.05) is 0 Å². The van der Waals surface area contributed by atoms with E-state index in [9.17, 15) is 4.79 Å². The van der Waals surface area contributed by atoms with Crippen molar-refractivity contribution in [1.29, 1.82) is 0 Å². The maximum atomic E-state index is 12.1. The average molecular weight is 383 g/mol. The van der Waals surface area contributed by atoms with Gasteiger partial charge >= 0.3 is 6.09 Å². The van der Waals surface area contributed by atoms with Crippen molar-refractivity contribution in [3.05, 3.63) is 36.3 Å². The number of piperidine rings is 1. The zero-order valence-electron chi connectivity index (χ0n) is 17.1. The molecule has 1 unspecified atom stereocenters. The molecule has 3 heterocycles. The summed E-state index contributed by atoms with van der Waals surface area (Å²) in [5.74, 6) is 1.56. The first-order chi connectivity index (χ1) is 13.3. The molecule has 0 saturated carbocycles. The van der Waals surface area contributed by atoms with E-state index in [1.165, 1.54) is 0 Å². The lowest BCUT2D eigenvalue weighted by molar-refractivity contribution is 0.0523. The van der Waals surface area contributed by atoms with E-state index in [2.05, 4.69) is 20.2 Å². The first-order valence-corrected chi connectivity index (χ1v) is 9.81. The maximum Gasteiger partial charge on any atom is 0.407 e. The Morgan fingerprint density at radius 1 is 1.32 bits per heavy atom. The fourth-order valence-electron chi connectivity index (χ4n) is 3.35. The summed E-state index contributed by atoms with van der Waals surface area (Å²) >= 11 is 0. The second-order valence-corrected chi connectivity index (χ2v) is 8.16. The minimum Gasteiger partial charge on any atom is -0.444 e. The Bertz CT molecular complexity index is 804. The van der Waals surface area contributed by atoms with Crippen LogP contribution in [0.15, 0.2) is 30.6 Å². The topological polar surface area (TPSA) is 80.2 Å². The number of anilines is 1. The molecule has 7 nitrogen and oxygen atoms in total. The number of hydrogen-bond donors (Lipinski definition) is 1. The number of ether oxygens (including phenoxy) is 1.